The van der Waals surface area contributed by atoms with Gasteiger partial charge in [-0.15, -0.1) is 0 Å². The Bertz CT molecular complexity index is 105. The first-order valence-electron chi connectivity index (χ1n) is 3.24. The van der Waals surface area contributed by atoms with Crippen molar-refractivity contribution in [2.45, 2.75) is 19.4 Å². The van der Waals surface area contributed by atoms with E-state index in [-0.39, 0.29) is 13.0 Å². The fourth-order valence-electron chi connectivity index (χ4n) is 0.496. The van der Waals surface area contributed by atoms with Gasteiger partial charge in [-0.25, -0.2) is 0 Å². The Morgan fingerprint density at radius 1 is 1.80 bits per heavy atom. The summed E-state index contributed by atoms with van der Waals surface area (Å²) in [6.07, 6.45) is -0.774. The van der Waals surface area contributed by atoms with Crippen LogP contribution in [0.5, 0.6) is 0 Å². The summed E-state index contributed by atoms with van der Waals surface area (Å²) in [6, 6.07) is 0. The number of aliphatic hydroxyl groups is 1. The van der Waals surface area contributed by atoms with E-state index in [2.05, 4.69) is 4.74 Å². The van der Waals surface area contributed by atoms with E-state index in [9.17, 15) is 4.79 Å². The summed E-state index contributed by atoms with van der Waals surface area (Å²) in [7, 11) is 0. The molecule has 0 fully saturated rings. The van der Waals surface area contributed by atoms with Crippen LogP contribution in [-0.2, 0) is 9.53 Å². The Balaban J connectivity index is 3.37. The third kappa shape index (κ3) is 4.29. The number of aliphatic hydroxyl groups excluding tert-OH is 1. The molecule has 0 heterocycles. The van der Waals surface area contributed by atoms with Gasteiger partial charge in [-0.1, -0.05) is 0 Å². The van der Waals surface area contributed by atoms with Crippen molar-refractivity contribution in [2.24, 2.45) is 5.73 Å². The first-order chi connectivity index (χ1) is 4.70. The van der Waals surface area contributed by atoms with Gasteiger partial charge in [0.1, 0.15) is 0 Å². The van der Waals surface area contributed by atoms with Crippen molar-refractivity contribution < 1.29 is 14.6 Å². The van der Waals surface area contributed by atoms with Crippen molar-refractivity contribution in [3.05, 3.63) is 0 Å². The van der Waals surface area contributed by atoms with E-state index in [0.29, 0.717) is 6.61 Å². The van der Waals surface area contributed by atoms with E-state index in [1.807, 2.05) is 0 Å². The number of esters is 1. The predicted molar refractivity (Wildman–Crippen MR) is 36.3 cm³/mol. The van der Waals surface area contributed by atoms with Gasteiger partial charge in [-0.2, -0.15) is 0 Å². The molecule has 3 N–H and O–H groups in total. The first kappa shape index (κ1) is 9.39. The molecule has 0 aromatic rings. The van der Waals surface area contributed by atoms with Crippen molar-refractivity contribution in [1.82, 2.24) is 0 Å². The van der Waals surface area contributed by atoms with Crippen molar-refractivity contribution in [3.8, 4) is 0 Å². The SMILES string of the molecule is CCOC(=O)C[C@H](O)CN. The van der Waals surface area contributed by atoms with E-state index in [1.54, 1.807) is 6.92 Å². The van der Waals surface area contributed by atoms with Crippen LogP contribution in [0.15, 0.2) is 0 Å². The van der Waals surface area contributed by atoms with Crippen LogP contribution in [0, 0.1) is 0 Å². The molecule has 4 heteroatoms. The molecule has 0 saturated carbocycles. The predicted octanol–water partition coefficient (Wildman–Crippen LogP) is -0.741. The van der Waals surface area contributed by atoms with E-state index < -0.39 is 12.1 Å². The van der Waals surface area contributed by atoms with Gasteiger partial charge in [0, 0.05) is 6.54 Å². The van der Waals surface area contributed by atoms with Crippen molar-refractivity contribution >= 4 is 5.97 Å². The summed E-state index contributed by atoms with van der Waals surface area (Å²) in [6.45, 7) is 2.15. The van der Waals surface area contributed by atoms with Crippen LogP contribution in [0.4, 0.5) is 0 Å². The standard InChI is InChI=1S/C6H13NO3/c1-2-10-6(9)3-5(8)4-7/h5,8H,2-4,7H2,1H3/t5-/m0/s1. The molecule has 0 amide bonds. The zero-order chi connectivity index (χ0) is 7.98. The Morgan fingerprint density at radius 2 is 2.40 bits per heavy atom. The molecule has 1 atom stereocenters. The number of hydrogen-bond acceptors (Lipinski definition) is 4. The average Bonchev–Trinajstić information content (AvgIpc) is 1.88. The van der Waals surface area contributed by atoms with Crippen molar-refractivity contribution in [1.29, 1.82) is 0 Å². The Hall–Kier alpha value is -0.610. The zero-order valence-corrected chi connectivity index (χ0v) is 6.04. The minimum Gasteiger partial charge on any atom is -0.466 e. The molecule has 0 rings (SSSR count). The number of rotatable bonds is 4. The summed E-state index contributed by atoms with van der Waals surface area (Å²) in [5, 5.41) is 8.83. The minimum atomic E-state index is -0.765. The quantitative estimate of drug-likeness (QED) is 0.514. The Labute approximate surface area is 60.0 Å². The molecule has 0 saturated heterocycles. The molecule has 10 heavy (non-hydrogen) atoms. The number of hydrogen-bond donors (Lipinski definition) is 2. The summed E-state index contributed by atoms with van der Waals surface area (Å²) >= 11 is 0. The Morgan fingerprint density at radius 3 is 2.80 bits per heavy atom. The molecule has 0 aliphatic carbocycles. The van der Waals surface area contributed by atoms with Gasteiger partial charge >= 0.3 is 5.97 Å². The van der Waals surface area contributed by atoms with Crippen LogP contribution in [-0.4, -0.2) is 30.3 Å². The van der Waals surface area contributed by atoms with Crippen LogP contribution in [0.3, 0.4) is 0 Å². The maximum atomic E-state index is 10.6. The lowest BCUT2D eigenvalue weighted by Gasteiger charge is -2.05. The number of carbonyl (C=O) groups excluding carboxylic acids is 1. The normalized spacial score (nSPS) is 12.7. The van der Waals surface area contributed by atoms with Gasteiger partial charge in [-0.05, 0) is 6.92 Å². The van der Waals surface area contributed by atoms with Crippen LogP contribution < -0.4 is 5.73 Å². The highest BCUT2D eigenvalue weighted by Crippen LogP contribution is 1.91. The van der Waals surface area contributed by atoms with E-state index in [0.717, 1.165) is 0 Å². The second-order valence-electron chi connectivity index (χ2n) is 1.90. The smallest absolute Gasteiger partial charge is 0.308 e. The lowest BCUT2D eigenvalue weighted by molar-refractivity contribution is -0.145. The van der Waals surface area contributed by atoms with E-state index >= 15 is 0 Å². The molecule has 0 aliphatic rings. The topological polar surface area (TPSA) is 72.5 Å². The lowest BCUT2D eigenvalue weighted by atomic mass is 10.2. The summed E-state index contributed by atoms with van der Waals surface area (Å²) in [5.74, 6) is -0.402. The van der Waals surface area contributed by atoms with E-state index in [4.69, 9.17) is 10.8 Å². The average molecular weight is 147 g/mol. The highest BCUT2D eigenvalue weighted by molar-refractivity contribution is 5.69. The van der Waals surface area contributed by atoms with Crippen LogP contribution in [0.25, 0.3) is 0 Å². The molecule has 0 aliphatic heterocycles. The number of nitrogens with two attached hydrogens (primary N) is 1. The lowest BCUT2D eigenvalue weighted by Crippen LogP contribution is -2.23. The molecule has 0 aromatic carbocycles. The third-order valence-corrected chi connectivity index (χ3v) is 0.980. The zero-order valence-electron chi connectivity index (χ0n) is 6.04. The van der Waals surface area contributed by atoms with Crippen molar-refractivity contribution in [3.63, 3.8) is 0 Å². The van der Waals surface area contributed by atoms with Gasteiger partial charge in [-0.3, -0.25) is 4.79 Å². The second kappa shape index (κ2) is 5.20. The van der Waals surface area contributed by atoms with Gasteiger partial charge in [0.05, 0.1) is 19.1 Å². The summed E-state index contributed by atoms with van der Waals surface area (Å²) in [4.78, 5) is 10.6. The third-order valence-electron chi connectivity index (χ3n) is 0.980. The Kier molecular flexibility index (Phi) is 4.88. The van der Waals surface area contributed by atoms with Crippen LogP contribution in [0.1, 0.15) is 13.3 Å². The van der Waals surface area contributed by atoms with Gasteiger partial charge in [0.25, 0.3) is 0 Å². The van der Waals surface area contributed by atoms with Gasteiger partial charge in [0.15, 0.2) is 0 Å². The summed E-state index contributed by atoms with van der Waals surface area (Å²) < 4.78 is 4.56. The molecule has 0 unspecified atom stereocenters. The van der Waals surface area contributed by atoms with E-state index in [1.165, 1.54) is 0 Å². The molecular weight excluding hydrogens is 134 g/mol. The molecule has 4 nitrogen and oxygen atoms in total. The minimum absolute atomic E-state index is 0.00958. The molecule has 0 spiro atoms. The second-order valence-corrected chi connectivity index (χ2v) is 1.90. The molecule has 0 bridgehead atoms. The highest BCUT2D eigenvalue weighted by atomic mass is 16.5. The monoisotopic (exact) mass is 147 g/mol. The maximum absolute atomic E-state index is 10.6. The fraction of sp³-hybridized carbons (Fsp3) is 0.833. The van der Waals surface area contributed by atoms with Crippen molar-refractivity contribution in [2.75, 3.05) is 13.2 Å². The van der Waals surface area contributed by atoms with Gasteiger partial charge < -0.3 is 15.6 Å². The first-order valence-corrected chi connectivity index (χ1v) is 3.24. The largest absolute Gasteiger partial charge is 0.466 e. The van der Waals surface area contributed by atoms with Crippen LogP contribution >= 0.6 is 0 Å². The summed E-state index contributed by atoms with van der Waals surface area (Å²) in [5.41, 5.74) is 5.06. The van der Waals surface area contributed by atoms with Crippen LogP contribution in [0.2, 0.25) is 0 Å². The number of carbonyl (C=O) groups is 1. The maximum Gasteiger partial charge on any atom is 0.308 e. The molecule has 0 radical (unpaired) electrons. The molecule has 60 valence electrons. The fourth-order valence-corrected chi connectivity index (χ4v) is 0.496. The number of ether oxygens (including phenoxy) is 1. The molecule has 0 aromatic heterocycles. The molecular formula is C6H13NO3. The van der Waals surface area contributed by atoms with Gasteiger partial charge in [0.2, 0.25) is 0 Å². The highest BCUT2D eigenvalue weighted by Gasteiger charge is 2.08.